The summed E-state index contributed by atoms with van der Waals surface area (Å²) >= 11 is 5.92. The number of aliphatic hydroxyl groups excluding tert-OH is 1. The highest BCUT2D eigenvalue weighted by Crippen LogP contribution is 2.26. The van der Waals surface area contributed by atoms with Crippen LogP contribution in [0.5, 0.6) is 5.75 Å². The molecule has 1 fully saturated rings. The molecule has 1 saturated heterocycles. The number of rotatable bonds is 5. The molecule has 0 spiro atoms. The maximum absolute atomic E-state index is 12.2. The van der Waals surface area contributed by atoms with E-state index in [-0.39, 0.29) is 5.91 Å². The molecule has 0 radical (unpaired) electrons. The molecule has 128 valence electrons. The molecule has 0 saturated carbocycles. The Kier molecular flexibility index (Phi) is 7.80. The van der Waals surface area contributed by atoms with Crippen molar-refractivity contribution in [1.82, 2.24) is 4.90 Å². The van der Waals surface area contributed by atoms with Crippen LogP contribution in [0.2, 0.25) is 5.02 Å². The summed E-state index contributed by atoms with van der Waals surface area (Å²) in [5.74, 6) is -0.517. The van der Waals surface area contributed by atoms with Gasteiger partial charge in [0.15, 0.2) is 0 Å². The fourth-order valence-corrected chi connectivity index (χ4v) is 2.01. The molecule has 0 unspecified atom stereocenters. The standard InChI is InChI=1S/C13H17ClN2O3.C2H4O2/c14-9-2-3-11(12(6-9)19-5-1-4-15)13(18)16-7-10(17)8-16;1-2(3)4/h2-3,6,10,17H,1,4-5,7-8,15H2;1H3,(H,3,4). The Morgan fingerprint density at radius 1 is 1.43 bits per heavy atom. The number of hydrogen-bond acceptors (Lipinski definition) is 5. The lowest BCUT2D eigenvalue weighted by atomic mass is 10.1. The molecule has 4 N–H and O–H groups in total. The van der Waals surface area contributed by atoms with E-state index in [0.717, 1.165) is 6.92 Å². The highest BCUT2D eigenvalue weighted by atomic mass is 35.5. The number of halogens is 1. The van der Waals surface area contributed by atoms with Crippen molar-refractivity contribution in [3.8, 4) is 5.75 Å². The van der Waals surface area contributed by atoms with Gasteiger partial charge in [0, 0.05) is 25.0 Å². The lowest BCUT2D eigenvalue weighted by Crippen LogP contribution is -2.53. The second-order valence-corrected chi connectivity index (χ2v) is 5.45. The SMILES string of the molecule is CC(=O)O.NCCCOc1cc(Cl)ccc1C(=O)N1CC(O)C1. The Balaban J connectivity index is 0.000000593. The van der Waals surface area contributed by atoms with Crippen molar-refractivity contribution >= 4 is 23.5 Å². The van der Waals surface area contributed by atoms with Crippen molar-refractivity contribution in [2.24, 2.45) is 5.73 Å². The van der Waals surface area contributed by atoms with Crippen molar-refractivity contribution < 1.29 is 24.5 Å². The number of ether oxygens (including phenoxy) is 1. The third-order valence-electron chi connectivity index (χ3n) is 2.93. The van der Waals surface area contributed by atoms with Crippen LogP contribution in [0, 0.1) is 0 Å². The fraction of sp³-hybridized carbons (Fsp3) is 0.467. The first kappa shape index (κ1) is 19.2. The highest BCUT2D eigenvalue weighted by molar-refractivity contribution is 6.30. The van der Waals surface area contributed by atoms with Gasteiger partial charge in [0.25, 0.3) is 11.9 Å². The maximum atomic E-state index is 12.2. The molecule has 2 rings (SSSR count). The number of hydrogen-bond donors (Lipinski definition) is 3. The third kappa shape index (κ3) is 6.43. The number of β-amino-alcohol motifs (C(OH)–C–C–N with tert-alkyl or cyclic N) is 1. The molecule has 1 aromatic carbocycles. The zero-order valence-electron chi connectivity index (χ0n) is 12.9. The van der Waals surface area contributed by atoms with E-state index >= 15 is 0 Å². The van der Waals surface area contributed by atoms with Crippen molar-refractivity contribution in [3.05, 3.63) is 28.8 Å². The normalized spacial score (nSPS) is 13.7. The first-order valence-electron chi connectivity index (χ1n) is 7.14. The van der Waals surface area contributed by atoms with E-state index in [1.165, 1.54) is 0 Å². The number of likely N-dealkylation sites (tertiary alicyclic amines) is 1. The number of amides is 1. The van der Waals surface area contributed by atoms with Crippen molar-refractivity contribution in [3.63, 3.8) is 0 Å². The van der Waals surface area contributed by atoms with Gasteiger partial charge >= 0.3 is 0 Å². The Bertz CT molecular complexity index is 543. The van der Waals surface area contributed by atoms with E-state index in [9.17, 15) is 9.90 Å². The zero-order valence-corrected chi connectivity index (χ0v) is 13.6. The van der Waals surface area contributed by atoms with Crippen molar-refractivity contribution in [1.29, 1.82) is 0 Å². The maximum Gasteiger partial charge on any atom is 0.300 e. The van der Waals surface area contributed by atoms with Gasteiger partial charge in [0.05, 0.1) is 18.3 Å². The minimum absolute atomic E-state index is 0.148. The van der Waals surface area contributed by atoms with E-state index in [4.69, 9.17) is 32.0 Å². The van der Waals surface area contributed by atoms with Gasteiger partial charge in [-0.2, -0.15) is 0 Å². The lowest BCUT2D eigenvalue weighted by molar-refractivity contribution is -0.134. The van der Waals surface area contributed by atoms with Gasteiger partial charge in [-0.25, -0.2) is 0 Å². The second-order valence-electron chi connectivity index (χ2n) is 5.01. The van der Waals surface area contributed by atoms with Crippen LogP contribution in [0.15, 0.2) is 18.2 Å². The molecule has 1 aromatic rings. The van der Waals surface area contributed by atoms with Gasteiger partial charge in [-0.15, -0.1) is 0 Å². The minimum atomic E-state index is -0.833. The quantitative estimate of drug-likeness (QED) is 0.686. The van der Waals surface area contributed by atoms with Crippen LogP contribution in [0.1, 0.15) is 23.7 Å². The predicted molar refractivity (Wildman–Crippen MR) is 85.8 cm³/mol. The number of nitrogens with two attached hydrogens (primary N) is 1. The number of carboxylic acids is 1. The molecule has 1 heterocycles. The van der Waals surface area contributed by atoms with Crippen LogP contribution in [-0.2, 0) is 4.79 Å². The van der Waals surface area contributed by atoms with E-state index in [1.54, 1.807) is 23.1 Å². The molecule has 1 aliphatic heterocycles. The topological polar surface area (TPSA) is 113 Å². The molecule has 0 bridgehead atoms. The van der Waals surface area contributed by atoms with Gasteiger partial charge in [0.1, 0.15) is 5.75 Å². The molecule has 23 heavy (non-hydrogen) atoms. The van der Waals surface area contributed by atoms with Crippen molar-refractivity contribution in [2.75, 3.05) is 26.2 Å². The van der Waals surface area contributed by atoms with Crippen LogP contribution < -0.4 is 10.5 Å². The number of carbonyl (C=O) groups is 2. The third-order valence-corrected chi connectivity index (χ3v) is 3.16. The molecule has 1 amide bonds. The lowest BCUT2D eigenvalue weighted by Gasteiger charge is -2.36. The summed E-state index contributed by atoms with van der Waals surface area (Å²) in [6, 6.07) is 4.93. The van der Waals surface area contributed by atoms with Gasteiger partial charge in [0.2, 0.25) is 0 Å². The molecule has 0 aliphatic carbocycles. The monoisotopic (exact) mass is 344 g/mol. The summed E-state index contributed by atoms with van der Waals surface area (Å²) in [7, 11) is 0. The molecule has 8 heteroatoms. The van der Waals surface area contributed by atoms with Crippen molar-refractivity contribution in [2.45, 2.75) is 19.4 Å². The number of nitrogens with zero attached hydrogens (tertiary/aromatic N) is 1. The Labute approximate surface area is 139 Å². The number of aliphatic carboxylic acids is 1. The van der Waals surface area contributed by atoms with Crippen LogP contribution >= 0.6 is 11.6 Å². The Hall–Kier alpha value is -1.83. The molecule has 1 aliphatic rings. The first-order valence-corrected chi connectivity index (χ1v) is 7.52. The van der Waals surface area contributed by atoms with E-state index in [1.807, 2.05) is 0 Å². The second kappa shape index (κ2) is 9.34. The van der Waals surface area contributed by atoms with E-state index in [0.29, 0.717) is 49.0 Å². The zero-order chi connectivity index (χ0) is 17.4. The van der Waals surface area contributed by atoms with Crippen LogP contribution in [0.25, 0.3) is 0 Å². The van der Waals surface area contributed by atoms with Gasteiger partial charge in [-0.3, -0.25) is 9.59 Å². The van der Waals surface area contributed by atoms with E-state index in [2.05, 4.69) is 0 Å². The summed E-state index contributed by atoms with van der Waals surface area (Å²) in [5.41, 5.74) is 5.87. The number of aliphatic hydroxyl groups is 1. The summed E-state index contributed by atoms with van der Waals surface area (Å²) in [4.78, 5) is 22.8. The predicted octanol–water partition coefficient (Wildman–Crippen LogP) is 0.975. The summed E-state index contributed by atoms with van der Waals surface area (Å²) in [5, 5.41) is 17.2. The molecule has 7 nitrogen and oxygen atoms in total. The van der Waals surface area contributed by atoms with Crippen LogP contribution in [-0.4, -0.2) is 59.3 Å². The number of carboxylic acid groups (broad SMARTS) is 1. The average Bonchev–Trinajstić information content (AvgIpc) is 2.43. The average molecular weight is 345 g/mol. The van der Waals surface area contributed by atoms with Gasteiger partial charge in [-0.1, -0.05) is 11.6 Å². The molecule has 0 atom stereocenters. The highest BCUT2D eigenvalue weighted by Gasteiger charge is 2.30. The summed E-state index contributed by atoms with van der Waals surface area (Å²) in [6.45, 7) is 2.79. The molecule has 0 aromatic heterocycles. The van der Waals surface area contributed by atoms with Crippen LogP contribution in [0.4, 0.5) is 0 Å². The Morgan fingerprint density at radius 2 is 2.04 bits per heavy atom. The summed E-state index contributed by atoms with van der Waals surface area (Å²) in [6.07, 6.45) is 0.292. The molecular weight excluding hydrogens is 324 g/mol. The first-order chi connectivity index (χ1) is 10.8. The minimum Gasteiger partial charge on any atom is -0.493 e. The largest absolute Gasteiger partial charge is 0.493 e. The summed E-state index contributed by atoms with van der Waals surface area (Å²) < 4.78 is 5.55. The number of carbonyl (C=O) groups excluding carboxylic acids is 1. The Morgan fingerprint density at radius 3 is 2.57 bits per heavy atom. The van der Waals surface area contributed by atoms with Gasteiger partial charge < -0.3 is 25.6 Å². The van der Waals surface area contributed by atoms with Crippen LogP contribution in [0.3, 0.4) is 0 Å². The van der Waals surface area contributed by atoms with Gasteiger partial charge in [-0.05, 0) is 31.2 Å². The fourth-order valence-electron chi connectivity index (χ4n) is 1.85. The molecular formula is C15H21ClN2O5. The smallest absolute Gasteiger partial charge is 0.300 e. The van der Waals surface area contributed by atoms with E-state index < -0.39 is 12.1 Å². The number of benzene rings is 1.